The number of nitrogens with one attached hydrogen (secondary N) is 3. The molecule has 3 N–H and O–H groups in total. The minimum Gasteiger partial charge on any atom is -0.497 e. The maximum atomic E-state index is 13.0. The van der Waals surface area contributed by atoms with Crippen molar-refractivity contribution in [1.82, 2.24) is 10.6 Å². The van der Waals surface area contributed by atoms with E-state index in [1.807, 2.05) is 12.1 Å². The molecule has 27 heavy (non-hydrogen) atoms. The van der Waals surface area contributed by atoms with Crippen molar-refractivity contribution in [2.24, 2.45) is 0 Å². The standard InChI is InChI=1S/C20H21N3O4/c1-12-17(19(24)22-14-7-5-9-16(11-14)27-3)18(23-20(25)21-12)13-6-4-8-15(10-13)26-2/h4-11,18H,1-3H3,(H,22,24)(H2,21,23,25)/t18-/m1/s1. The Balaban J connectivity index is 1.94. The van der Waals surface area contributed by atoms with Crippen LogP contribution in [0.4, 0.5) is 10.5 Å². The summed E-state index contributed by atoms with van der Waals surface area (Å²) in [5.74, 6) is 0.962. The predicted octanol–water partition coefficient (Wildman–Crippen LogP) is 2.97. The van der Waals surface area contributed by atoms with Gasteiger partial charge in [0.15, 0.2) is 0 Å². The molecule has 1 aliphatic heterocycles. The smallest absolute Gasteiger partial charge is 0.319 e. The van der Waals surface area contributed by atoms with Crippen molar-refractivity contribution in [2.75, 3.05) is 19.5 Å². The predicted molar refractivity (Wildman–Crippen MR) is 102 cm³/mol. The Bertz CT molecular complexity index is 908. The van der Waals surface area contributed by atoms with E-state index < -0.39 is 6.04 Å². The van der Waals surface area contributed by atoms with Gasteiger partial charge in [-0.2, -0.15) is 0 Å². The van der Waals surface area contributed by atoms with Crippen LogP contribution in [0.1, 0.15) is 18.5 Å². The lowest BCUT2D eigenvalue weighted by atomic mass is 9.94. The summed E-state index contributed by atoms with van der Waals surface area (Å²) >= 11 is 0. The average molecular weight is 367 g/mol. The fourth-order valence-corrected chi connectivity index (χ4v) is 2.97. The zero-order valence-electron chi connectivity index (χ0n) is 15.3. The van der Waals surface area contributed by atoms with E-state index in [1.165, 1.54) is 0 Å². The number of benzene rings is 2. The molecular formula is C20H21N3O4. The van der Waals surface area contributed by atoms with Crippen LogP contribution in [-0.4, -0.2) is 26.2 Å². The quantitative estimate of drug-likeness (QED) is 0.758. The van der Waals surface area contributed by atoms with Crippen molar-refractivity contribution in [2.45, 2.75) is 13.0 Å². The van der Waals surface area contributed by atoms with Gasteiger partial charge in [0.2, 0.25) is 0 Å². The number of hydrogen-bond acceptors (Lipinski definition) is 4. The number of ether oxygens (including phenoxy) is 2. The highest BCUT2D eigenvalue weighted by atomic mass is 16.5. The van der Waals surface area contributed by atoms with Crippen molar-refractivity contribution in [3.63, 3.8) is 0 Å². The van der Waals surface area contributed by atoms with Crippen molar-refractivity contribution in [1.29, 1.82) is 0 Å². The second-order valence-corrected chi connectivity index (χ2v) is 6.03. The monoisotopic (exact) mass is 367 g/mol. The van der Waals surface area contributed by atoms with E-state index >= 15 is 0 Å². The lowest BCUT2D eigenvalue weighted by Crippen LogP contribution is -2.45. The zero-order chi connectivity index (χ0) is 19.4. The number of rotatable bonds is 5. The Kier molecular flexibility index (Phi) is 5.30. The summed E-state index contributed by atoms with van der Waals surface area (Å²) in [4.78, 5) is 25.0. The molecule has 1 atom stereocenters. The van der Waals surface area contributed by atoms with Gasteiger partial charge in [0.1, 0.15) is 11.5 Å². The summed E-state index contributed by atoms with van der Waals surface area (Å²) < 4.78 is 10.4. The van der Waals surface area contributed by atoms with Crippen LogP contribution >= 0.6 is 0 Å². The van der Waals surface area contributed by atoms with Crippen molar-refractivity contribution in [3.05, 3.63) is 65.4 Å². The molecule has 0 spiro atoms. The van der Waals surface area contributed by atoms with Gasteiger partial charge in [-0.25, -0.2) is 4.79 Å². The third-order valence-electron chi connectivity index (χ3n) is 4.27. The molecule has 140 valence electrons. The summed E-state index contributed by atoms with van der Waals surface area (Å²) in [6.07, 6.45) is 0. The zero-order valence-corrected chi connectivity index (χ0v) is 15.3. The van der Waals surface area contributed by atoms with Crippen LogP contribution < -0.4 is 25.4 Å². The molecule has 0 saturated carbocycles. The highest BCUT2D eigenvalue weighted by Gasteiger charge is 2.31. The lowest BCUT2D eigenvalue weighted by Gasteiger charge is -2.29. The summed E-state index contributed by atoms with van der Waals surface area (Å²) in [6, 6.07) is 13.4. The van der Waals surface area contributed by atoms with E-state index in [0.29, 0.717) is 28.5 Å². The SMILES string of the molecule is COc1cccc(NC(=O)C2=C(C)NC(=O)N[C@@H]2c2cccc(OC)c2)c1. The normalized spacial score (nSPS) is 16.3. The van der Waals surface area contributed by atoms with Crippen LogP contribution in [0.2, 0.25) is 0 Å². The minimum atomic E-state index is -0.598. The van der Waals surface area contributed by atoms with E-state index in [1.54, 1.807) is 57.5 Å². The highest BCUT2D eigenvalue weighted by molar-refractivity contribution is 6.06. The van der Waals surface area contributed by atoms with Gasteiger partial charge in [0.05, 0.1) is 25.8 Å². The minimum absolute atomic E-state index is 0.318. The molecule has 0 unspecified atom stereocenters. The molecule has 0 fully saturated rings. The number of urea groups is 1. The van der Waals surface area contributed by atoms with Gasteiger partial charge in [-0.05, 0) is 36.8 Å². The first-order valence-corrected chi connectivity index (χ1v) is 8.39. The first kappa shape index (κ1) is 18.3. The van der Waals surface area contributed by atoms with Gasteiger partial charge in [-0.15, -0.1) is 0 Å². The van der Waals surface area contributed by atoms with E-state index in [4.69, 9.17) is 9.47 Å². The highest BCUT2D eigenvalue weighted by Crippen LogP contribution is 2.30. The lowest BCUT2D eigenvalue weighted by molar-refractivity contribution is -0.113. The summed E-state index contributed by atoms with van der Waals surface area (Å²) in [6.45, 7) is 1.70. The molecule has 0 bridgehead atoms. The average Bonchev–Trinajstić information content (AvgIpc) is 2.67. The topological polar surface area (TPSA) is 88.7 Å². The number of hydrogen-bond donors (Lipinski definition) is 3. The molecule has 7 heteroatoms. The fourth-order valence-electron chi connectivity index (χ4n) is 2.97. The summed E-state index contributed by atoms with van der Waals surface area (Å²) in [5, 5.41) is 8.33. The van der Waals surface area contributed by atoms with E-state index in [9.17, 15) is 9.59 Å². The largest absolute Gasteiger partial charge is 0.497 e. The Morgan fingerprint density at radius 1 is 1.04 bits per heavy atom. The van der Waals surface area contributed by atoms with Gasteiger partial charge in [-0.3, -0.25) is 4.79 Å². The van der Waals surface area contributed by atoms with Crippen LogP contribution in [0.25, 0.3) is 0 Å². The van der Waals surface area contributed by atoms with Crippen LogP contribution in [0.3, 0.4) is 0 Å². The molecule has 1 heterocycles. The molecule has 0 radical (unpaired) electrons. The third kappa shape index (κ3) is 4.03. The Labute approximate surface area is 157 Å². The first-order valence-electron chi connectivity index (χ1n) is 8.39. The number of anilines is 1. The van der Waals surface area contributed by atoms with Crippen LogP contribution in [0.15, 0.2) is 59.8 Å². The third-order valence-corrected chi connectivity index (χ3v) is 4.27. The molecule has 3 rings (SSSR count). The number of methoxy groups -OCH3 is 2. The van der Waals surface area contributed by atoms with Crippen molar-refractivity contribution < 1.29 is 19.1 Å². The maximum absolute atomic E-state index is 13.0. The first-order chi connectivity index (χ1) is 13.0. The Morgan fingerprint density at radius 3 is 2.41 bits per heavy atom. The van der Waals surface area contributed by atoms with Gasteiger partial charge in [0.25, 0.3) is 5.91 Å². The molecule has 2 aromatic rings. The molecule has 0 saturated heterocycles. The number of carbonyl (C=O) groups excluding carboxylic acids is 2. The molecular weight excluding hydrogens is 346 g/mol. The van der Waals surface area contributed by atoms with Crippen molar-refractivity contribution in [3.8, 4) is 11.5 Å². The van der Waals surface area contributed by atoms with E-state index in [-0.39, 0.29) is 11.9 Å². The summed E-state index contributed by atoms with van der Waals surface area (Å²) in [5.41, 5.74) is 2.26. The molecule has 7 nitrogen and oxygen atoms in total. The molecule has 2 aromatic carbocycles. The van der Waals surface area contributed by atoms with Crippen LogP contribution in [0, 0.1) is 0 Å². The fraction of sp³-hybridized carbons (Fsp3) is 0.200. The van der Waals surface area contributed by atoms with Gasteiger partial charge in [-0.1, -0.05) is 18.2 Å². The number of amides is 3. The number of carbonyl (C=O) groups is 2. The molecule has 0 aliphatic carbocycles. The van der Waals surface area contributed by atoms with Crippen LogP contribution in [-0.2, 0) is 4.79 Å². The second-order valence-electron chi connectivity index (χ2n) is 6.03. The Morgan fingerprint density at radius 2 is 1.70 bits per heavy atom. The summed E-state index contributed by atoms with van der Waals surface area (Å²) in [7, 11) is 3.13. The molecule has 3 amide bonds. The number of allylic oxidation sites excluding steroid dienone is 1. The van der Waals surface area contributed by atoms with E-state index in [2.05, 4.69) is 16.0 Å². The van der Waals surface area contributed by atoms with Crippen LogP contribution in [0.5, 0.6) is 11.5 Å². The van der Waals surface area contributed by atoms with Gasteiger partial charge in [0, 0.05) is 17.5 Å². The van der Waals surface area contributed by atoms with E-state index in [0.717, 1.165) is 5.56 Å². The molecule has 1 aliphatic rings. The van der Waals surface area contributed by atoms with Crippen molar-refractivity contribution >= 4 is 17.6 Å². The second kappa shape index (κ2) is 7.82. The molecule has 0 aromatic heterocycles. The van der Waals surface area contributed by atoms with Gasteiger partial charge < -0.3 is 25.4 Å². The maximum Gasteiger partial charge on any atom is 0.319 e. The van der Waals surface area contributed by atoms with Gasteiger partial charge >= 0.3 is 6.03 Å². The Hall–Kier alpha value is -3.48.